The van der Waals surface area contributed by atoms with Crippen molar-refractivity contribution in [3.8, 4) is 0 Å². The Bertz CT molecular complexity index is 518. The molecule has 0 unspecified atom stereocenters. The monoisotopic (exact) mass is 216 g/mol. The molecule has 2 N–H and O–H groups in total. The number of nitrogen functional groups attached to an aromatic ring is 1. The summed E-state index contributed by atoms with van der Waals surface area (Å²) in [4.78, 5) is 15.1. The van der Waals surface area contributed by atoms with E-state index in [1.165, 1.54) is 6.92 Å². The Morgan fingerprint density at radius 3 is 3.00 bits per heavy atom. The Kier molecular flexibility index (Phi) is 2.68. The number of ketones is 1. The highest BCUT2D eigenvalue weighted by molar-refractivity contribution is 5.92. The summed E-state index contributed by atoms with van der Waals surface area (Å²) in [6.07, 6.45) is 4.96. The molecule has 0 fully saturated rings. The quantitative estimate of drug-likeness (QED) is 0.780. The van der Waals surface area contributed by atoms with Crippen LogP contribution in [0.3, 0.4) is 0 Å². The van der Waals surface area contributed by atoms with Crippen molar-refractivity contribution in [2.75, 3.05) is 5.73 Å². The fourth-order valence-corrected chi connectivity index (χ4v) is 1.42. The molecule has 0 aliphatic heterocycles. The molecule has 16 heavy (non-hydrogen) atoms. The maximum absolute atomic E-state index is 11.1. The van der Waals surface area contributed by atoms with Crippen LogP contribution < -0.4 is 5.73 Å². The van der Waals surface area contributed by atoms with Crippen molar-refractivity contribution < 1.29 is 4.79 Å². The van der Waals surface area contributed by atoms with E-state index in [9.17, 15) is 4.79 Å². The van der Waals surface area contributed by atoms with Crippen LogP contribution in [0.4, 0.5) is 5.69 Å². The SMILES string of the molecule is CC(=O)c1cc(Cn2cc(N)cn2)ccn1. The Morgan fingerprint density at radius 2 is 2.38 bits per heavy atom. The summed E-state index contributed by atoms with van der Waals surface area (Å²) in [5, 5.41) is 4.07. The summed E-state index contributed by atoms with van der Waals surface area (Å²) < 4.78 is 1.72. The van der Waals surface area contributed by atoms with Gasteiger partial charge in [-0.05, 0) is 17.7 Å². The summed E-state index contributed by atoms with van der Waals surface area (Å²) in [6, 6.07) is 3.62. The zero-order valence-corrected chi connectivity index (χ0v) is 8.92. The normalized spacial score (nSPS) is 10.3. The molecule has 0 atom stereocenters. The molecule has 0 amide bonds. The van der Waals surface area contributed by atoms with Crippen molar-refractivity contribution in [3.05, 3.63) is 42.0 Å². The van der Waals surface area contributed by atoms with E-state index in [0.29, 0.717) is 17.9 Å². The molecule has 0 spiro atoms. The van der Waals surface area contributed by atoms with Crippen LogP contribution in [0.2, 0.25) is 0 Å². The molecule has 0 radical (unpaired) electrons. The summed E-state index contributed by atoms with van der Waals surface area (Å²) in [6.45, 7) is 2.08. The summed E-state index contributed by atoms with van der Waals surface area (Å²) in [7, 11) is 0. The Hall–Kier alpha value is -2.17. The van der Waals surface area contributed by atoms with Gasteiger partial charge in [0.2, 0.25) is 0 Å². The minimum absolute atomic E-state index is 0.0400. The van der Waals surface area contributed by atoms with E-state index in [1.807, 2.05) is 6.07 Å². The number of aromatic nitrogens is 3. The Balaban J connectivity index is 2.21. The Labute approximate surface area is 92.9 Å². The lowest BCUT2D eigenvalue weighted by atomic mass is 10.2. The van der Waals surface area contributed by atoms with Gasteiger partial charge in [0.05, 0.1) is 18.4 Å². The van der Waals surface area contributed by atoms with Crippen LogP contribution in [-0.4, -0.2) is 20.5 Å². The summed E-state index contributed by atoms with van der Waals surface area (Å²) in [5.41, 5.74) is 7.63. The third kappa shape index (κ3) is 2.25. The molecular formula is C11H12N4O. The molecule has 2 aromatic heterocycles. The van der Waals surface area contributed by atoms with Crippen molar-refractivity contribution in [1.82, 2.24) is 14.8 Å². The number of anilines is 1. The number of hydrogen-bond donors (Lipinski definition) is 1. The van der Waals surface area contributed by atoms with Crippen molar-refractivity contribution in [2.45, 2.75) is 13.5 Å². The first kappa shape index (κ1) is 10.4. The molecule has 2 aromatic rings. The topological polar surface area (TPSA) is 73.8 Å². The van der Waals surface area contributed by atoms with Crippen LogP contribution in [0, 0.1) is 0 Å². The van der Waals surface area contributed by atoms with Gasteiger partial charge in [-0.15, -0.1) is 0 Å². The lowest BCUT2D eigenvalue weighted by Crippen LogP contribution is -2.03. The number of Topliss-reactive ketones (excluding diaryl/α,β-unsaturated/α-hetero) is 1. The van der Waals surface area contributed by atoms with Gasteiger partial charge in [0.15, 0.2) is 5.78 Å². The minimum atomic E-state index is -0.0400. The van der Waals surface area contributed by atoms with E-state index < -0.39 is 0 Å². The molecule has 0 bridgehead atoms. The van der Waals surface area contributed by atoms with Gasteiger partial charge >= 0.3 is 0 Å². The highest BCUT2D eigenvalue weighted by Crippen LogP contribution is 2.06. The molecule has 5 heteroatoms. The second-order valence-corrected chi connectivity index (χ2v) is 3.58. The fourth-order valence-electron chi connectivity index (χ4n) is 1.42. The smallest absolute Gasteiger partial charge is 0.178 e. The highest BCUT2D eigenvalue weighted by atomic mass is 16.1. The molecule has 0 saturated heterocycles. The van der Waals surface area contributed by atoms with Gasteiger partial charge in [-0.2, -0.15) is 5.10 Å². The maximum Gasteiger partial charge on any atom is 0.178 e. The van der Waals surface area contributed by atoms with Gasteiger partial charge in [-0.3, -0.25) is 14.5 Å². The van der Waals surface area contributed by atoms with E-state index in [-0.39, 0.29) is 5.78 Å². The van der Waals surface area contributed by atoms with Gasteiger partial charge in [-0.1, -0.05) is 0 Å². The van der Waals surface area contributed by atoms with Gasteiger partial charge in [0, 0.05) is 19.3 Å². The Morgan fingerprint density at radius 1 is 1.56 bits per heavy atom. The number of hydrogen-bond acceptors (Lipinski definition) is 4. The van der Waals surface area contributed by atoms with E-state index >= 15 is 0 Å². The molecule has 0 aliphatic rings. The van der Waals surface area contributed by atoms with Crippen LogP contribution in [0.15, 0.2) is 30.7 Å². The van der Waals surface area contributed by atoms with E-state index in [2.05, 4.69) is 10.1 Å². The average molecular weight is 216 g/mol. The van der Waals surface area contributed by atoms with Gasteiger partial charge in [0.1, 0.15) is 5.69 Å². The molecule has 0 aliphatic carbocycles. The molecular weight excluding hydrogens is 204 g/mol. The van der Waals surface area contributed by atoms with Crippen LogP contribution in [0.5, 0.6) is 0 Å². The third-order valence-corrected chi connectivity index (χ3v) is 2.18. The van der Waals surface area contributed by atoms with Gasteiger partial charge in [0.25, 0.3) is 0 Å². The third-order valence-electron chi connectivity index (χ3n) is 2.18. The lowest BCUT2D eigenvalue weighted by Gasteiger charge is -2.02. The molecule has 2 heterocycles. The molecule has 5 nitrogen and oxygen atoms in total. The largest absolute Gasteiger partial charge is 0.396 e. The second-order valence-electron chi connectivity index (χ2n) is 3.58. The summed E-state index contributed by atoms with van der Waals surface area (Å²) in [5.74, 6) is -0.0400. The minimum Gasteiger partial charge on any atom is -0.396 e. The first-order valence-electron chi connectivity index (χ1n) is 4.89. The average Bonchev–Trinajstić information content (AvgIpc) is 2.64. The van der Waals surface area contributed by atoms with Crippen molar-refractivity contribution >= 4 is 11.5 Å². The van der Waals surface area contributed by atoms with E-state index in [1.54, 1.807) is 29.3 Å². The van der Waals surface area contributed by atoms with Gasteiger partial charge in [-0.25, -0.2) is 0 Å². The van der Waals surface area contributed by atoms with Crippen LogP contribution >= 0.6 is 0 Å². The van der Waals surface area contributed by atoms with E-state index in [0.717, 1.165) is 5.56 Å². The number of carbonyl (C=O) groups is 1. The molecule has 82 valence electrons. The molecule has 0 saturated carbocycles. The van der Waals surface area contributed by atoms with Gasteiger partial charge < -0.3 is 5.73 Å². The number of nitrogens with zero attached hydrogens (tertiary/aromatic N) is 3. The van der Waals surface area contributed by atoms with Crippen molar-refractivity contribution in [2.24, 2.45) is 0 Å². The zero-order valence-electron chi connectivity index (χ0n) is 8.92. The second kappa shape index (κ2) is 4.14. The zero-order chi connectivity index (χ0) is 11.5. The standard InChI is InChI=1S/C11H12N4O/c1-8(16)11-4-9(2-3-13-11)6-15-7-10(12)5-14-15/h2-5,7H,6,12H2,1H3. The van der Waals surface area contributed by atoms with Crippen LogP contribution in [0.1, 0.15) is 23.0 Å². The summed E-state index contributed by atoms with van der Waals surface area (Å²) >= 11 is 0. The lowest BCUT2D eigenvalue weighted by molar-refractivity contribution is 0.101. The van der Waals surface area contributed by atoms with Crippen molar-refractivity contribution in [3.63, 3.8) is 0 Å². The molecule has 2 rings (SSSR count). The number of nitrogens with two attached hydrogens (primary N) is 1. The molecule has 0 aromatic carbocycles. The predicted molar refractivity (Wildman–Crippen MR) is 60.0 cm³/mol. The van der Waals surface area contributed by atoms with Crippen LogP contribution in [-0.2, 0) is 6.54 Å². The van der Waals surface area contributed by atoms with Crippen LogP contribution in [0.25, 0.3) is 0 Å². The predicted octanol–water partition coefficient (Wildman–Crippen LogP) is 1.11. The highest BCUT2D eigenvalue weighted by Gasteiger charge is 2.03. The first-order chi connectivity index (χ1) is 7.65. The van der Waals surface area contributed by atoms with E-state index in [4.69, 9.17) is 5.73 Å². The fraction of sp³-hybridized carbons (Fsp3) is 0.182. The number of rotatable bonds is 3. The first-order valence-corrected chi connectivity index (χ1v) is 4.89. The number of pyridine rings is 1. The maximum atomic E-state index is 11.1. The van der Waals surface area contributed by atoms with Crippen molar-refractivity contribution in [1.29, 1.82) is 0 Å². The number of carbonyl (C=O) groups excluding carboxylic acids is 1.